The van der Waals surface area contributed by atoms with Crippen LogP contribution in [-0.2, 0) is 6.54 Å². The van der Waals surface area contributed by atoms with E-state index in [4.69, 9.17) is 5.73 Å². The van der Waals surface area contributed by atoms with Gasteiger partial charge in [-0.2, -0.15) is 0 Å². The van der Waals surface area contributed by atoms with Gasteiger partial charge < -0.3 is 10.6 Å². The molecule has 0 aliphatic carbocycles. The van der Waals surface area contributed by atoms with Gasteiger partial charge in [-0.3, -0.25) is 0 Å². The van der Waals surface area contributed by atoms with Crippen molar-refractivity contribution in [2.75, 3.05) is 13.6 Å². The third-order valence-corrected chi connectivity index (χ3v) is 3.46. The van der Waals surface area contributed by atoms with Crippen LogP contribution in [-0.4, -0.2) is 24.5 Å². The second-order valence-electron chi connectivity index (χ2n) is 5.80. The monoisotopic (exact) mass is 298 g/mol. The number of hydrogen-bond acceptors (Lipinski definition) is 2. The van der Waals surface area contributed by atoms with Gasteiger partial charge in [-0.25, -0.2) is 0 Å². The molecule has 0 saturated heterocycles. The first-order valence-electron chi connectivity index (χ1n) is 5.97. The minimum Gasteiger partial charge on any atom is -0.326 e. The zero-order valence-corrected chi connectivity index (χ0v) is 12.8. The molecule has 0 aliphatic rings. The smallest absolute Gasteiger partial charge is 0.0231 e. The fourth-order valence-electron chi connectivity index (χ4n) is 1.62. The molecule has 1 aromatic carbocycles. The Morgan fingerprint density at radius 2 is 2.00 bits per heavy atom. The van der Waals surface area contributed by atoms with E-state index in [9.17, 15) is 0 Å². The number of rotatable bonds is 4. The van der Waals surface area contributed by atoms with Gasteiger partial charge in [0.25, 0.3) is 0 Å². The molecule has 0 radical (unpaired) electrons. The second-order valence-corrected chi connectivity index (χ2v) is 6.71. The number of nitrogens with two attached hydrogens (primary N) is 1. The van der Waals surface area contributed by atoms with E-state index in [1.165, 1.54) is 5.56 Å². The molecule has 0 fully saturated rings. The molecule has 1 unspecified atom stereocenters. The molecule has 0 heterocycles. The predicted octanol–water partition coefficient (Wildman–Crippen LogP) is 3.25. The summed E-state index contributed by atoms with van der Waals surface area (Å²) in [4.78, 5) is 2.28. The molecule has 17 heavy (non-hydrogen) atoms. The Labute approximate surface area is 113 Å². The van der Waals surface area contributed by atoms with Crippen LogP contribution < -0.4 is 5.73 Å². The van der Waals surface area contributed by atoms with Crippen LogP contribution in [0.1, 0.15) is 26.3 Å². The summed E-state index contributed by atoms with van der Waals surface area (Å²) in [5, 5.41) is 0. The lowest BCUT2D eigenvalue weighted by atomic mass is 9.87. The Balaban J connectivity index is 2.53. The van der Waals surface area contributed by atoms with Crippen molar-refractivity contribution >= 4 is 15.9 Å². The number of hydrogen-bond donors (Lipinski definition) is 1. The Morgan fingerprint density at radius 3 is 2.53 bits per heavy atom. The van der Waals surface area contributed by atoms with Crippen LogP contribution in [0.3, 0.4) is 0 Å². The summed E-state index contributed by atoms with van der Waals surface area (Å²) in [5.41, 5.74) is 7.65. The Kier molecular flexibility index (Phi) is 5.17. The van der Waals surface area contributed by atoms with Crippen LogP contribution in [0.4, 0.5) is 0 Å². The summed E-state index contributed by atoms with van der Waals surface area (Å²) in [5.74, 6) is 0. The number of halogens is 1. The van der Waals surface area contributed by atoms with E-state index in [0.717, 1.165) is 17.6 Å². The van der Waals surface area contributed by atoms with Crippen LogP contribution in [0, 0.1) is 5.41 Å². The molecule has 3 heteroatoms. The van der Waals surface area contributed by atoms with E-state index in [-0.39, 0.29) is 11.5 Å². The van der Waals surface area contributed by atoms with Gasteiger partial charge in [-0.1, -0.05) is 48.8 Å². The van der Waals surface area contributed by atoms with Gasteiger partial charge in [0.05, 0.1) is 0 Å². The van der Waals surface area contributed by atoms with Crippen molar-refractivity contribution in [3.63, 3.8) is 0 Å². The summed E-state index contributed by atoms with van der Waals surface area (Å²) in [6.45, 7) is 8.40. The first kappa shape index (κ1) is 14.7. The Hall–Kier alpha value is -0.380. The average molecular weight is 299 g/mol. The zero-order valence-electron chi connectivity index (χ0n) is 11.2. The van der Waals surface area contributed by atoms with Gasteiger partial charge in [0.2, 0.25) is 0 Å². The van der Waals surface area contributed by atoms with Crippen LogP contribution in [0.5, 0.6) is 0 Å². The molecular formula is C14H23BrN2. The van der Waals surface area contributed by atoms with Crippen molar-refractivity contribution in [1.29, 1.82) is 0 Å². The van der Waals surface area contributed by atoms with Crippen molar-refractivity contribution < 1.29 is 0 Å². The highest BCUT2D eigenvalue weighted by atomic mass is 79.9. The summed E-state index contributed by atoms with van der Waals surface area (Å²) in [7, 11) is 2.12. The van der Waals surface area contributed by atoms with Crippen molar-refractivity contribution in [3.05, 3.63) is 34.3 Å². The summed E-state index contributed by atoms with van der Waals surface area (Å²) in [6.07, 6.45) is 0. The molecule has 0 bridgehead atoms. The lowest BCUT2D eigenvalue weighted by Crippen LogP contribution is -2.43. The van der Waals surface area contributed by atoms with Gasteiger partial charge in [0, 0.05) is 23.6 Å². The molecule has 0 amide bonds. The first-order valence-corrected chi connectivity index (χ1v) is 6.77. The fourth-order valence-corrected chi connectivity index (χ4v) is 2.07. The van der Waals surface area contributed by atoms with Gasteiger partial charge in [0.15, 0.2) is 0 Å². The standard InChI is InChI=1S/C14H23BrN2/c1-14(2,3)13(16)10-17(4)9-11-6-5-7-12(15)8-11/h5-8,13H,9-10,16H2,1-4H3. The van der Waals surface area contributed by atoms with E-state index in [0.29, 0.717) is 0 Å². The molecule has 96 valence electrons. The molecule has 2 nitrogen and oxygen atoms in total. The third kappa shape index (κ3) is 5.19. The first-order chi connectivity index (χ1) is 7.79. The van der Waals surface area contributed by atoms with E-state index in [1.54, 1.807) is 0 Å². The topological polar surface area (TPSA) is 29.3 Å². The third-order valence-electron chi connectivity index (χ3n) is 2.96. The normalized spacial score (nSPS) is 14.1. The van der Waals surface area contributed by atoms with Gasteiger partial charge in [-0.15, -0.1) is 0 Å². The maximum Gasteiger partial charge on any atom is 0.0231 e. The summed E-state index contributed by atoms with van der Waals surface area (Å²) >= 11 is 3.49. The van der Waals surface area contributed by atoms with Crippen LogP contribution in [0.2, 0.25) is 0 Å². The highest BCUT2D eigenvalue weighted by Crippen LogP contribution is 2.19. The maximum absolute atomic E-state index is 6.18. The molecule has 0 aliphatic heterocycles. The van der Waals surface area contributed by atoms with Crippen LogP contribution in [0.25, 0.3) is 0 Å². The second kappa shape index (κ2) is 5.98. The molecule has 0 saturated carbocycles. The SMILES string of the molecule is CN(Cc1cccc(Br)c1)CC(N)C(C)(C)C. The molecule has 0 spiro atoms. The van der Waals surface area contributed by atoms with Crippen molar-refractivity contribution in [2.24, 2.45) is 11.1 Å². The molecular weight excluding hydrogens is 276 g/mol. The maximum atomic E-state index is 6.18. The lowest BCUT2D eigenvalue weighted by Gasteiger charge is -2.31. The van der Waals surface area contributed by atoms with Gasteiger partial charge >= 0.3 is 0 Å². The molecule has 1 aromatic rings. The average Bonchev–Trinajstić information content (AvgIpc) is 2.15. The minimum atomic E-state index is 0.158. The van der Waals surface area contributed by atoms with Crippen molar-refractivity contribution in [2.45, 2.75) is 33.4 Å². The fraction of sp³-hybridized carbons (Fsp3) is 0.571. The number of benzene rings is 1. The molecule has 0 aromatic heterocycles. The van der Waals surface area contributed by atoms with Crippen molar-refractivity contribution in [3.8, 4) is 0 Å². The highest BCUT2D eigenvalue weighted by Gasteiger charge is 2.21. The number of likely N-dealkylation sites (N-methyl/N-ethyl adjacent to an activating group) is 1. The lowest BCUT2D eigenvalue weighted by molar-refractivity contribution is 0.222. The quantitative estimate of drug-likeness (QED) is 0.924. The molecule has 1 atom stereocenters. The van der Waals surface area contributed by atoms with E-state index < -0.39 is 0 Å². The Morgan fingerprint density at radius 1 is 1.35 bits per heavy atom. The Bertz CT molecular complexity index is 357. The number of nitrogens with zero attached hydrogens (tertiary/aromatic N) is 1. The minimum absolute atomic E-state index is 0.158. The summed E-state index contributed by atoms with van der Waals surface area (Å²) < 4.78 is 1.13. The molecule has 2 N–H and O–H groups in total. The van der Waals surface area contributed by atoms with Gasteiger partial charge in [0.1, 0.15) is 0 Å². The van der Waals surface area contributed by atoms with Crippen molar-refractivity contribution in [1.82, 2.24) is 4.90 Å². The van der Waals surface area contributed by atoms with Crippen LogP contribution >= 0.6 is 15.9 Å². The van der Waals surface area contributed by atoms with Crippen LogP contribution in [0.15, 0.2) is 28.7 Å². The zero-order chi connectivity index (χ0) is 13.1. The van der Waals surface area contributed by atoms with Gasteiger partial charge in [-0.05, 0) is 30.2 Å². The van der Waals surface area contributed by atoms with E-state index in [2.05, 4.69) is 66.8 Å². The highest BCUT2D eigenvalue weighted by molar-refractivity contribution is 9.10. The largest absolute Gasteiger partial charge is 0.326 e. The molecule has 1 rings (SSSR count). The predicted molar refractivity (Wildman–Crippen MR) is 77.9 cm³/mol. The summed E-state index contributed by atoms with van der Waals surface area (Å²) in [6, 6.07) is 8.60. The van der Waals surface area contributed by atoms with E-state index in [1.807, 2.05) is 6.07 Å². The van der Waals surface area contributed by atoms with E-state index >= 15 is 0 Å².